The van der Waals surface area contributed by atoms with Crippen molar-refractivity contribution in [2.75, 3.05) is 26.2 Å². The fraction of sp³-hybridized carbons (Fsp3) is 0.167. The lowest BCUT2D eigenvalue weighted by atomic mass is 10.1. The van der Waals surface area contributed by atoms with Gasteiger partial charge >= 0.3 is 0 Å². The standard InChI is InChI=1S/C24H21N3O5/c28-23(18-7-3-1-4-8-18)25-13-15-26(16-14-25)24(29)21-17-19(27(30)31)11-12-22(21)32-20-9-5-2-6-10-20/h1-12,17H,13-16H2. The Morgan fingerprint density at radius 1 is 0.781 bits per heavy atom. The van der Waals surface area contributed by atoms with Crippen LogP contribution < -0.4 is 4.74 Å². The first-order valence-corrected chi connectivity index (χ1v) is 10.2. The summed E-state index contributed by atoms with van der Waals surface area (Å²) >= 11 is 0. The largest absolute Gasteiger partial charge is 0.457 e. The Morgan fingerprint density at radius 2 is 1.34 bits per heavy atom. The van der Waals surface area contributed by atoms with E-state index in [0.29, 0.717) is 37.5 Å². The molecule has 0 unspecified atom stereocenters. The zero-order chi connectivity index (χ0) is 22.5. The van der Waals surface area contributed by atoms with Gasteiger partial charge in [-0.1, -0.05) is 36.4 Å². The molecule has 3 aromatic rings. The van der Waals surface area contributed by atoms with Crippen molar-refractivity contribution in [3.63, 3.8) is 0 Å². The number of nitro benzene ring substituents is 1. The molecule has 1 heterocycles. The van der Waals surface area contributed by atoms with Crippen LogP contribution in [-0.4, -0.2) is 52.7 Å². The number of para-hydroxylation sites is 1. The highest BCUT2D eigenvalue weighted by Gasteiger charge is 2.28. The number of ether oxygens (including phenoxy) is 1. The predicted octanol–water partition coefficient (Wildman–Crippen LogP) is 3.99. The van der Waals surface area contributed by atoms with Crippen LogP contribution in [0.4, 0.5) is 5.69 Å². The van der Waals surface area contributed by atoms with Crippen LogP contribution in [0.1, 0.15) is 20.7 Å². The average Bonchev–Trinajstić information content (AvgIpc) is 2.84. The normalized spacial score (nSPS) is 13.5. The molecule has 4 rings (SSSR count). The molecule has 0 aliphatic carbocycles. The molecule has 1 aliphatic heterocycles. The number of amides is 2. The molecule has 8 heteroatoms. The maximum Gasteiger partial charge on any atom is 0.270 e. The molecule has 0 aromatic heterocycles. The van der Waals surface area contributed by atoms with Gasteiger partial charge in [-0.15, -0.1) is 0 Å². The van der Waals surface area contributed by atoms with Crippen LogP contribution in [0.3, 0.4) is 0 Å². The lowest BCUT2D eigenvalue weighted by Crippen LogP contribution is -2.50. The molecule has 0 bridgehead atoms. The molecule has 1 saturated heterocycles. The lowest BCUT2D eigenvalue weighted by molar-refractivity contribution is -0.384. The Kier molecular flexibility index (Phi) is 6.12. The highest BCUT2D eigenvalue weighted by atomic mass is 16.6. The van der Waals surface area contributed by atoms with Crippen molar-refractivity contribution in [2.45, 2.75) is 0 Å². The minimum absolute atomic E-state index is 0.0823. The molecule has 162 valence electrons. The molecular formula is C24H21N3O5. The van der Waals surface area contributed by atoms with Crippen LogP contribution in [0.5, 0.6) is 11.5 Å². The highest BCUT2D eigenvalue weighted by molar-refractivity contribution is 5.98. The summed E-state index contributed by atoms with van der Waals surface area (Å²) in [6.45, 7) is 1.41. The highest BCUT2D eigenvalue weighted by Crippen LogP contribution is 2.30. The third-order valence-electron chi connectivity index (χ3n) is 5.25. The predicted molar refractivity (Wildman–Crippen MR) is 118 cm³/mol. The van der Waals surface area contributed by atoms with E-state index >= 15 is 0 Å². The minimum atomic E-state index is -0.542. The summed E-state index contributed by atoms with van der Waals surface area (Å²) in [5, 5.41) is 11.3. The van der Waals surface area contributed by atoms with Crippen molar-refractivity contribution in [3.05, 3.63) is 100 Å². The number of carbonyl (C=O) groups excluding carboxylic acids is 2. The fourth-order valence-electron chi connectivity index (χ4n) is 3.55. The molecule has 0 radical (unpaired) electrons. The van der Waals surface area contributed by atoms with Crippen LogP contribution >= 0.6 is 0 Å². The first kappa shape index (κ1) is 21.0. The number of piperazine rings is 1. The molecule has 1 fully saturated rings. The van der Waals surface area contributed by atoms with Gasteiger partial charge in [-0.3, -0.25) is 19.7 Å². The van der Waals surface area contributed by atoms with E-state index in [2.05, 4.69) is 0 Å². The monoisotopic (exact) mass is 431 g/mol. The zero-order valence-electron chi connectivity index (χ0n) is 17.2. The quantitative estimate of drug-likeness (QED) is 0.450. The van der Waals surface area contributed by atoms with Crippen LogP contribution in [0, 0.1) is 10.1 Å². The van der Waals surface area contributed by atoms with E-state index in [-0.39, 0.29) is 28.8 Å². The van der Waals surface area contributed by atoms with Gasteiger partial charge in [0.2, 0.25) is 0 Å². The van der Waals surface area contributed by atoms with Crippen molar-refractivity contribution < 1.29 is 19.2 Å². The van der Waals surface area contributed by atoms with Crippen LogP contribution in [0.15, 0.2) is 78.9 Å². The van der Waals surface area contributed by atoms with Crippen molar-refractivity contribution in [1.82, 2.24) is 9.80 Å². The topological polar surface area (TPSA) is 93.0 Å². The second kappa shape index (κ2) is 9.30. The third kappa shape index (κ3) is 4.59. The smallest absolute Gasteiger partial charge is 0.270 e. The van der Waals surface area contributed by atoms with E-state index in [9.17, 15) is 19.7 Å². The lowest BCUT2D eigenvalue weighted by Gasteiger charge is -2.35. The Hall–Kier alpha value is -4.20. The molecule has 0 atom stereocenters. The zero-order valence-corrected chi connectivity index (χ0v) is 17.2. The Labute approximate surface area is 184 Å². The molecule has 3 aromatic carbocycles. The fourth-order valence-corrected chi connectivity index (χ4v) is 3.55. The summed E-state index contributed by atoms with van der Waals surface area (Å²) in [4.78, 5) is 39.9. The minimum Gasteiger partial charge on any atom is -0.457 e. The van der Waals surface area contributed by atoms with E-state index in [1.54, 1.807) is 46.2 Å². The van der Waals surface area contributed by atoms with Crippen molar-refractivity contribution >= 4 is 17.5 Å². The molecular weight excluding hydrogens is 410 g/mol. The van der Waals surface area contributed by atoms with E-state index in [0.717, 1.165) is 0 Å². The van der Waals surface area contributed by atoms with Gasteiger partial charge in [0, 0.05) is 43.9 Å². The molecule has 2 amide bonds. The van der Waals surface area contributed by atoms with Gasteiger partial charge < -0.3 is 14.5 Å². The molecule has 8 nitrogen and oxygen atoms in total. The molecule has 0 saturated carbocycles. The average molecular weight is 431 g/mol. The first-order valence-electron chi connectivity index (χ1n) is 10.2. The van der Waals surface area contributed by atoms with E-state index in [1.165, 1.54) is 18.2 Å². The molecule has 1 aliphatic rings. The second-order valence-electron chi connectivity index (χ2n) is 7.30. The van der Waals surface area contributed by atoms with Crippen LogP contribution in [0.2, 0.25) is 0 Å². The number of benzene rings is 3. The molecule has 0 spiro atoms. The second-order valence-corrected chi connectivity index (χ2v) is 7.30. The van der Waals surface area contributed by atoms with E-state index in [1.807, 2.05) is 24.3 Å². The maximum atomic E-state index is 13.3. The van der Waals surface area contributed by atoms with Crippen molar-refractivity contribution in [1.29, 1.82) is 0 Å². The summed E-state index contributed by atoms with van der Waals surface area (Å²) in [5.74, 6) is 0.316. The number of hydrogen-bond donors (Lipinski definition) is 0. The first-order chi connectivity index (χ1) is 15.5. The van der Waals surface area contributed by atoms with Gasteiger partial charge in [0.1, 0.15) is 11.5 Å². The Balaban J connectivity index is 1.51. The summed E-state index contributed by atoms with van der Waals surface area (Å²) in [6.07, 6.45) is 0. The number of rotatable bonds is 5. The third-order valence-corrected chi connectivity index (χ3v) is 5.25. The number of nitrogens with zero attached hydrogens (tertiary/aromatic N) is 3. The van der Waals surface area contributed by atoms with Gasteiger partial charge in [0.25, 0.3) is 17.5 Å². The summed E-state index contributed by atoms with van der Waals surface area (Å²) in [5.41, 5.74) is 0.530. The van der Waals surface area contributed by atoms with Gasteiger partial charge in [0.15, 0.2) is 0 Å². The maximum absolute atomic E-state index is 13.3. The Bertz CT molecular complexity index is 1130. The Morgan fingerprint density at radius 3 is 1.94 bits per heavy atom. The van der Waals surface area contributed by atoms with E-state index in [4.69, 9.17) is 4.74 Å². The van der Waals surface area contributed by atoms with Crippen LogP contribution in [0.25, 0.3) is 0 Å². The number of non-ortho nitro benzene ring substituents is 1. The summed E-state index contributed by atoms with van der Waals surface area (Å²) in [7, 11) is 0. The van der Waals surface area contributed by atoms with Crippen molar-refractivity contribution in [3.8, 4) is 11.5 Å². The molecule has 32 heavy (non-hydrogen) atoms. The summed E-state index contributed by atoms with van der Waals surface area (Å²) < 4.78 is 5.84. The number of carbonyl (C=O) groups is 2. The number of nitro groups is 1. The molecule has 0 N–H and O–H groups in total. The number of hydrogen-bond acceptors (Lipinski definition) is 5. The van der Waals surface area contributed by atoms with Gasteiger partial charge in [-0.05, 0) is 30.3 Å². The van der Waals surface area contributed by atoms with Crippen molar-refractivity contribution in [2.24, 2.45) is 0 Å². The van der Waals surface area contributed by atoms with Gasteiger partial charge in [-0.25, -0.2) is 0 Å². The van der Waals surface area contributed by atoms with Crippen LogP contribution in [-0.2, 0) is 0 Å². The summed E-state index contributed by atoms with van der Waals surface area (Å²) in [6, 6.07) is 21.9. The SMILES string of the molecule is O=C(c1ccccc1)N1CCN(C(=O)c2cc([N+](=O)[O-])ccc2Oc2ccccc2)CC1. The van der Waals surface area contributed by atoms with Gasteiger partial charge in [0.05, 0.1) is 10.5 Å². The van der Waals surface area contributed by atoms with E-state index < -0.39 is 4.92 Å². The van der Waals surface area contributed by atoms with Gasteiger partial charge in [-0.2, -0.15) is 0 Å².